The van der Waals surface area contributed by atoms with Crippen molar-refractivity contribution in [3.63, 3.8) is 0 Å². The van der Waals surface area contributed by atoms with E-state index in [1.165, 1.54) is 23.8 Å². The smallest absolute Gasteiger partial charge is 0.200 e. The normalized spacial score (nSPS) is 11.6. The SMILES string of the molecule is C=C(C)CCc1c(C)cc2oc(-c3ccc(O)cc3O)c(C/C=C(\C)CCC=C(C)C)c(=O)c2c1O. The third-order valence-corrected chi connectivity index (χ3v) is 6.35. The van der Waals surface area contributed by atoms with Crippen molar-refractivity contribution in [3.05, 3.63) is 86.6 Å². The average Bonchev–Trinajstić information content (AvgIpc) is 2.77. The van der Waals surface area contributed by atoms with Crippen molar-refractivity contribution < 1.29 is 19.7 Å². The van der Waals surface area contributed by atoms with Gasteiger partial charge in [0, 0.05) is 11.6 Å². The lowest BCUT2D eigenvalue weighted by atomic mass is 9.95. The van der Waals surface area contributed by atoms with E-state index in [-0.39, 0.29) is 45.8 Å². The largest absolute Gasteiger partial charge is 0.508 e. The van der Waals surface area contributed by atoms with Gasteiger partial charge in [-0.2, -0.15) is 0 Å². The lowest BCUT2D eigenvalue weighted by molar-refractivity contribution is 0.450. The molecule has 3 aromatic rings. The zero-order chi connectivity index (χ0) is 26.6. The minimum absolute atomic E-state index is 0.0630. The van der Waals surface area contributed by atoms with Gasteiger partial charge in [0.15, 0.2) is 0 Å². The number of aromatic hydroxyl groups is 3. The molecule has 0 fully saturated rings. The molecule has 1 aromatic heterocycles. The van der Waals surface area contributed by atoms with Crippen molar-refractivity contribution >= 4 is 11.0 Å². The van der Waals surface area contributed by atoms with Crippen LogP contribution in [0.5, 0.6) is 17.2 Å². The summed E-state index contributed by atoms with van der Waals surface area (Å²) in [6.07, 6.45) is 7.49. The molecule has 3 N–H and O–H groups in total. The highest BCUT2D eigenvalue weighted by atomic mass is 16.3. The number of aryl methyl sites for hydroxylation is 1. The van der Waals surface area contributed by atoms with Crippen molar-refractivity contribution in [1.82, 2.24) is 0 Å². The third-order valence-electron chi connectivity index (χ3n) is 6.35. The van der Waals surface area contributed by atoms with Crippen LogP contribution in [0.1, 0.15) is 63.6 Å². The standard InChI is InChI=1S/C31H36O5/c1-18(2)8-7-9-20(5)11-14-25-30(35)28-27(16-21(6)23(29(28)34)13-10-19(3)4)36-31(25)24-15-12-22(32)17-26(24)33/h8,11-12,15-17,32-34H,3,7,9-10,13-14H2,1-2,4-6H3/b20-11+. The molecule has 0 bridgehead atoms. The van der Waals surface area contributed by atoms with E-state index in [4.69, 9.17) is 4.42 Å². The quantitative estimate of drug-likeness (QED) is 0.269. The third kappa shape index (κ3) is 6.09. The molecule has 0 spiro atoms. The number of benzene rings is 2. The highest BCUT2D eigenvalue weighted by molar-refractivity contribution is 5.88. The summed E-state index contributed by atoms with van der Waals surface area (Å²) in [5.74, 6) is -0.118. The number of fused-ring (bicyclic) bond motifs is 1. The summed E-state index contributed by atoms with van der Waals surface area (Å²) in [5, 5.41) is 31.6. The van der Waals surface area contributed by atoms with Gasteiger partial charge in [0.1, 0.15) is 34.0 Å². The summed E-state index contributed by atoms with van der Waals surface area (Å²) < 4.78 is 6.21. The Hall–Kier alpha value is -3.73. The Kier molecular flexibility index (Phi) is 8.46. The molecule has 0 aliphatic heterocycles. The van der Waals surface area contributed by atoms with E-state index in [1.54, 1.807) is 6.07 Å². The maximum absolute atomic E-state index is 13.8. The number of hydrogen-bond donors (Lipinski definition) is 3. The van der Waals surface area contributed by atoms with Gasteiger partial charge in [-0.1, -0.05) is 28.9 Å². The second-order valence-electron chi connectivity index (χ2n) is 9.87. The second-order valence-corrected chi connectivity index (χ2v) is 9.87. The lowest BCUT2D eigenvalue weighted by Gasteiger charge is -2.15. The minimum Gasteiger partial charge on any atom is -0.508 e. The van der Waals surface area contributed by atoms with E-state index in [9.17, 15) is 20.1 Å². The van der Waals surface area contributed by atoms with Gasteiger partial charge in [0.2, 0.25) is 5.43 Å². The Balaban J connectivity index is 2.21. The molecule has 3 rings (SSSR count). The molecule has 0 aliphatic rings. The van der Waals surface area contributed by atoms with Crippen LogP contribution in [0, 0.1) is 6.92 Å². The van der Waals surface area contributed by atoms with Gasteiger partial charge < -0.3 is 19.7 Å². The molecule has 0 atom stereocenters. The molecule has 5 nitrogen and oxygen atoms in total. The van der Waals surface area contributed by atoms with E-state index in [0.717, 1.165) is 29.6 Å². The summed E-state index contributed by atoms with van der Waals surface area (Å²) in [6.45, 7) is 13.9. The lowest BCUT2D eigenvalue weighted by Crippen LogP contribution is -2.12. The maximum Gasteiger partial charge on any atom is 0.200 e. The predicted molar refractivity (Wildman–Crippen MR) is 147 cm³/mol. The van der Waals surface area contributed by atoms with Gasteiger partial charge in [0.05, 0.1) is 5.56 Å². The fourth-order valence-electron chi connectivity index (χ4n) is 4.27. The van der Waals surface area contributed by atoms with Crippen molar-refractivity contribution in [2.24, 2.45) is 0 Å². The van der Waals surface area contributed by atoms with Crippen LogP contribution < -0.4 is 5.43 Å². The first-order valence-corrected chi connectivity index (χ1v) is 12.3. The molecule has 5 heteroatoms. The first kappa shape index (κ1) is 26.9. The topological polar surface area (TPSA) is 90.9 Å². The first-order valence-electron chi connectivity index (χ1n) is 12.3. The molecule has 0 aliphatic carbocycles. The Morgan fingerprint density at radius 3 is 2.36 bits per heavy atom. The van der Waals surface area contributed by atoms with Crippen LogP contribution in [0.3, 0.4) is 0 Å². The van der Waals surface area contributed by atoms with Crippen LogP contribution >= 0.6 is 0 Å². The van der Waals surface area contributed by atoms with Crippen LogP contribution in [0.25, 0.3) is 22.3 Å². The molecule has 1 heterocycles. The summed E-state index contributed by atoms with van der Waals surface area (Å²) in [4.78, 5) is 13.8. The second kappa shape index (κ2) is 11.3. The van der Waals surface area contributed by atoms with Crippen molar-refractivity contribution in [2.45, 2.75) is 66.7 Å². The Labute approximate surface area is 212 Å². The van der Waals surface area contributed by atoms with Gasteiger partial charge in [-0.05, 0) is 96.0 Å². The number of phenolic OH excluding ortho intramolecular Hbond substituents is 3. The molecule has 190 valence electrons. The Bertz CT molecular complexity index is 1420. The molecule has 0 radical (unpaired) electrons. The highest BCUT2D eigenvalue weighted by Crippen LogP contribution is 2.38. The van der Waals surface area contributed by atoms with E-state index >= 15 is 0 Å². The zero-order valence-corrected chi connectivity index (χ0v) is 21.9. The van der Waals surface area contributed by atoms with Crippen molar-refractivity contribution in [3.8, 4) is 28.6 Å². The fourth-order valence-corrected chi connectivity index (χ4v) is 4.27. The Morgan fingerprint density at radius 2 is 1.72 bits per heavy atom. The number of hydrogen-bond acceptors (Lipinski definition) is 5. The number of rotatable bonds is 9. The summed E-state index contributed by atoms with van der Waals surface area (Å²) >= 11 is 0. The average molecular weight is 489 g/mol. The summed E-state index contributed by atoms with van der Waals surface area (Å²) in [6, 6.07) is 5.94. The van der Waals surface area contributed by atoms with Crippen molar-refractivity contribution in [2.75, 3.05) is 0 Å². The van der Waals surface area contributed by atoms with Crippen molar-refractivity contribution in [1.29, 1.82) is 0 Å². The van der Waals surface area contributed by atoms with E-state index in [0.29, 0.717) is 29.5 Å². The first-order chi connectivity index (χ1) is 17.0. The number of phenols is 3. The van der Waals surface area contributed by atoms with E-state index in [2.05, 4.69) is 26.5 Å². The fraction of sp³-hybridized carbons (Fsp3) is 0.323. The highest BCUT2D eigenvalue weighted by Gasteiger charge is 2.22. The molecule has 0 unspecified atom stereocenters. The van der Waals surface area contributed by atoms with E-state index < -0.39 is 0 Å². The van der Waals surface area contributed by atoms with Gasteiger partial charge >= 0.3 is 0 Å². The van der Waals surface area contributed by atoms with Crippen LogP contribution in [0.4, 0.5) is 0 Å². The molecular formula is C31H36O5. The molecule has 0 amide bonds. The van der Waals surface area contributed by atoms with Gasteiger partial charge in [-0.3, -0.25) is 4.79 Å². The Morgan fingerprint density at radius 1 is 1.00 bits per heavy atom. The monoisotopic (exact) mass is 488 g/mol. The van der Waals surface area contributed by atoms with Gasteiger partial charge in [0.25, 0.3) is 0 Å². The minimum atomic E-state index is -0.332. The molecule has 0 saturated heterocycles. The van der Waals surface area contributed by atoms with E-state index in [1.807, 2.05) is 26.8 Å². The zero-order valence-electron chi connectivity index (χ0n) is 21.9. The molecule has 2 aromatic carbocycles. The van der Waals surface area contributed by atoms with Gasteiger partial charge in [-0.25, -0.2) is 0 Å². The summed E-state index contributed by atoms with van der Waals surface area (Å²) in [5.41, 5.74) is 5.47. The summed E-state index contributed by atoms with van der Waals surface area (Å²) in [7, 11) is 0. The predicted octanol–water partition coefficient (Wildman–Crippen LogP) is 7.63. The van der Waals surface area contributed by atoms with Crippen LogP contribution in [0.15, 0.2) is 68.9 Å². The maximum atomic E-state index is 13.8. The molecule has 36 heavy (non-hydrogen) atoms. The van der Waals surface area contributed by atoms with Crippen LogP contribution in [-0.4, -0.2) is 15.3 Å². The molecule has 0 saturated carbocycles. The van der Waals surface area contributed by atoms with Crippen LogP contribution in [-0.2, 0) is 12.8 Å². The van der Waals surface area contributed by atoms with Crippen LogP contribution in [0.2, 0.25) is 0 Å². The number of allylic oxidation sites excluding steroid dienone is 5. The van der Waals surface area contributed by atoms with Gasteiger partial charge in [-0.15, -0.1) is 6.58 Å². The molecular weight excluding hydrogens is 452 g/mol.